The number of hydrogen-bond donors (Lipinski definition) is 1. The highest BCUT2D eigenvalue weighted by Crippen LogP contribution is 2.26. The topological polar surface area (TPSA) is 29.3 Å². The summed E-state index contributed by atoms with van der Waals surface area (Å²) in [5.74, 6) is 0. The highest BCUT2D eigenvalue weighted by atomic mass is 35.5. The van der Waals surface area contributed by atoms with Crippen LogP contribution in [0.3, 0.4) is 0 Å². The third-order valence-electron chi connectivity index (χ3n) is 2.37. The second-order valence-electron chi connectivity index (χ2n) is 3.61. The zero-order valence-corrected chi connectivity index (χ0v) is 10.1. The fraction of sp³-hybridized carbons (Fsp3) is 0.455. The molecule has 0 heterocycles. The fourth-order valence-electron chi connectivity index (χ4n) is 1.50. The Morgan fingerprint density at radius 3 is 2.41 bits per heavy atom. The Labute approximate surface area is 103 Å². The van der Waals surface area contributed by atoms with Crippen molar-refractivity contribution in [2.75, 3.05) is 18.0 Å². The number of nitrogens with zero attached hydrogens (tertiary/aromatic N) is 1. The van der Waals surface area contributed by atoms with Crippen LogP contribution >= 0.6 is 11.6 Å². The minimum absolute atomic E-state index is 0.262. The number of alkyl halides is 3. The Hall–Kier alpha value is -0.940. The van der Waals surface area contributed by atoms with Gasteiger partial charge in [-0.3, -0.25) is 0 Å². The zero-order valence-electron chi connectivity index (χ0n) is 9.39. The van der Waals surface area contributed by atoms with Gasteiger partial charge in [0.25, 0.3) is 0 Å². The molecule has 17 heavy (non-hydrogen) atoms. The first-order chi connectivity index (χ1) is 7.87. The molecule has 1 aromatic carbocycles. The molecule has 6 heteroatoms. The summed E-state index contributed by atoms with van der Waals surface area (Å²) < 4.78 is 37.0. The van der Waals surface area contributed by atoms with Crippen molar-refractivity contribution in [3.8, 4) is 0 Å². The lowest BCUT2D eigenvalue weighted by atomic mass is 10.2. The van der Waals surface area contributed by atoms with Crippen molar-refractivity contribution < 1.29 is 13.2 Å². The second kappa shape index (κ2) is 5.60. The third-order valence-corrected chi connectivity index (χ3v) is 2.73. The molecule has 0 fully saturated rings. The van der Waals surface area contributed by atoms with E-state index in [-0.39, 0.29) is 13.1 Å². The molecule has 0 aliphatic rings. The van der Waals surface area contributed by atoms with Gasteiger partial charge in [-0.2, -0.15) is 13.2 Å². The van der Waals surface area contributed by atoms with Gasteiger partial charge in [0.2, 0.25) is 0 Å². The van der Waals surface area contributed by atoms with Crippen molar-refractivity contribution >= 4 is 17.3 Å². The van der Waals surface area contributed by atoms with Gasteiger partial charge in [0.15, 0.2) is 0 Å². The summed E-state index contributed by atoms with van der Waals surface area (Å²) in [6.07, 6.45) is -4.23. The van der Waals surface area contributed by atoms with Crippen molar-refractivity contribution in [1.82, 2.24) is 0 Å². The number of hydrogen-bond acceptors (Lipinski definition) is 2. The minimum Gasteiger partial charge on any atom is -0.363 e. The summed E-state index contributed by atoms with van der Waals surface area (Å²) in [5.41, 5.74) is 6.60. The van der Waals surface area contributed by atoms with Crippen LogP contribution in [-0.2, 0) is 6.54 Å². The molecule has 1 rings (SSSR count). The first-order valence-electron chi connectivity index (χ1n) is 5.17. The van der Waals surface area contributed by atoms with Gasteiger partial charge in [-0.1, -0.05) is 17.7 Å². The lowest BCUT2D eigenvalue weighted by Crippen LogP contribution is -2.34. The summed E-state index contributed by atoms with van der Waals surface area (Å²) in [4.78, 5) is 1.21. The quantitative estimate of drug-likeness (QED) is 0.907. The number of benzene rings is 1. The number of anilines is 1. The number of halogens is 4. The maximum absolute atomic E-state index is 12.3. The average molecular weight is 267 g/mol. The maximum atomic E-state index is 12.3. The van der Waals surface area contributed by atoms with E-state index in [1.165, 1.54) is 11.0 Å². The molecule has 0 aliphatic heterocycles. The summed E-state index contributed by atoms with van der Waals surface area (Å²) in [6, 6.07) is 4.76. The largest absolute Gasteiger partial charge is 0.405 e. The van der Waals surface area contributed by atoms with Crippen LogP contribution in [0.1, 0.15) is 12.5 Å². The van der Waals surface area contributed by atoms with E-state index in [0.29, 0.717) is 10.7 Å². The van der Waals surface area contributed by atoms with Crippen molar-refractivity contribution in [3.63, 3.8) is 0 Å². The van der Waals surface area contributed by atoms with Gasteiger partial charge >= 0.3 is 6.18 Å². The Morgan fingerprint density at radius 2 is 2.00 bits per heavy atom. The van der Waals surface area contributed by atoms with E-state index in [1.807, 2.05) is 0 Å². The highest BCUT2D eigenvalue weighted by Gasteiger charge is 2.30. The predicted molar refractivity (Wildman–Crippen MR) is 63.3 cm³/mol. The van der Waals surface area contributed by atoms with Gasteiger partial charge in [-0.05, 0) is 24.6 Å². The van der Waals surface area contributed by atoms with Crippen LogP contribution in [0.4, 0.5) is 18.9 Å². The highest BCUT2D eigenvalue weighted by molar-refractivity contribution is 6.31. The average Bonchev–Trinajstić information content (AvgIpc) is 2.24. The smallest absolute Gasteiger partial charge is 0.363 e. The molecular formula is C11H14ClF3N2. The first kappa shape index (κ1) is 14.1. The summed E-state index contributed by atoms with van der Waals surface area (Å²) in [6.45, 7) is 1.21. The summed E-state index contributed by atoms with van der Waals surface area (Å²) in [5, 5.41) is 0.394. The maximum Gasteiger partial charge on any atom is 0.405 e. The van der Waals surface area contributed by atoms with Gasteiger partial charge in [0, 0.05) is 23.8 Å². The zero-order chi connectivity index (χ0) is 13.1. The standard InChI is InChI=1S/C11H14ClF3N2/c1-2-17(7-11(13,14)15)9-4-3-8(6-16)10(12)5-9/h3-5H,2,6-7,16H2,1H3. The summed E-state index contributed by atoms with van der Waals surface area (Å²) >= 11 is 5.91. The molecular weight excluding hydrogens is 253 g/mol. The molecule has 0 saturated heterocycles. The lowest BCUT2D eigenvalue weighted by Gasteiger charge is -2.24. The van der Waals surface area contributed by atoms with E-state index in [2.05, 4.69) is 0 Å². The molecule has 0 saturated carbocycles. The lowest BCUT2D eigenvalue weighted by molar-refractivity contribution is -0.119. The molecule has 0 aromatic heterocycles. The minimum atomic E-state index is -4.23. The van der Waals surface area contributed by atoms with Crippen LogP contribution < -0.4 is 10.6 Å². The molecule has 0 radical (unpaired) electrons. The molecule has 2 N–H and O–H groups in total. The van der Waals surface area contributed by atoms with Crippen LogP contribution in [0, 0.1) is 0 Å². The van der Waals surface area contributed by atoms with Crippen LogP contribution in [0.25, 0.3) is 0 Å². The third kappa shape index (κ3) is 4.09. The molecule has 0 atom stereocenters. The fourth-order valence-corrected chi connectivity index (χ4v) is 1.75. The van der Waals surface area contributed by atoms with Crippen LogP contribution in [0.5, 0.6) is 0 Å². The van der Waals surface area contributed by atoms with Crippen LogP contribution in [0.15, 0.2) is 18.2 Å². The van der Waals surface area contributed by atoms with E-state index < -0.39 is 12.7 Å². The first-order valence-corrected chi connectivity index (χ1v) is 5.55. The Morgan fingerprint density at radius 1 is 1.35 bits per heavy atom. The number of rotatable bonds is 4. The van der Waals surface area contributed by atoms with E-state index >= 15 is 0 Å². The van der Waals surface area contributed by atoms with E-state index in [9.17, 15) is 13.2 Å². The predicted octanol–water partition coefficient (Wildman–Crippen LogP) is 3.19. The Bertz CT molecular complexity index is 379. The van der Waals surface area contributed by atoms with Gasteiger partial charge in [-0.15, -0.1) is 0 Å². The van der Waals surface area contributed by atoms with Crippen LogP contribution in [0.2, 0.25) is 5.02 Å². The number of nitrogens with two attached hydrogens (primary N) is 1. The van der Waals surface area contributed by atoms with Gasteiger partial charge in [-0.25, -0.2) is 0 Å². The molecule has 0 spiro atoms. The molecule has 2 nitrogen and oxygen atoms in total. The Kier molecular flexibility index (Phi) is 4.65. The Balaban J connectivity index is 2.93. The molecule has 96 valence electrons. The molecule has 1 aromatic rings. The SMILES string of the molecule is CCN(CC(F)(F)F)c1ccc(CN)c(Cl)c1. The van der Waals surface area contributed by atoms with E-state index in [1.54, 1.807) is 19.1 Å². The molecule has 0 unspecified atom stereocenters. The van der Waals surface area contributed by atoms with Gasteiger partial charge in [0.05, 0.1) is 0 Å². The van der Waals surface area contributed by atoms with Gasteiger partial charge in [0.1, 0.15) is 6.54 Å². The van der Waals surface area contributed by atoms with E-state index in [4.69, 9.17) is 17.3 Å². The molecule has 0 amide bonds. The van der Waals surface area contributed by atoms with Gasteiger partial charge < -0.3 is 10.6 Å². The van der Waals surface area contributed by atoms with E-state index in [0.717, 1.165) is 5.56 Å². The van der Waals surface area contributed by atoms with Crippen molar-refractivity contribution in [2.45, 2.75) is 19.6 Å². The van der Waals surface area contributed by atoms with Crippen molar-refractivity contribution in [2.24, 2.45) is 5.73 Å². The van der Waals surface area contributed by atoms with Crippen LogP contribution in [-0.4, -0.2) is 19.3 Å². The molecule has 0 aliphatic carbocycles. The molecule has 0 bridgehead atoms. The monoisotopic (exact) mass is 266 g/mol. The summed E-state index contributed by atoms with van der Waals surface area (Å²) in [7, 11) is 0. The normalized spacial score (nSPS) is 11.6. The van der Waals surface area contributed by atoms with Crippen molar-refractivity contribution in [1.29, 1.82) is 0 Å². The second-order valence-corrected chi connectivity index (χ2v) is 4.02. The van der Waals surface area contributed by atoms with Crippen molar-refractivity contribution in [3.05, 3.63) is 28.8 Å².